The molecule has 0 aliphatic heterocycles. The van der Waals surface area contributed by atoms with Gasteiger partial charge in [-0.25, -0.2) is 8.78 Å². The summed E-state index contributed by atoms with van der Waals surface area (Å²) in [6.07, 6.45) is -2.53. The van der Waals surface area contributed by atoms with Crippen molar-refractivity contribution in [3.8, 4) is 17.2 Å². The molecule has 0 radical (unpaired) electrons. The van der Waals surface area contributed by atoms with Crippen molar-refractivity contribution < 1.29 is 23.0 Å². The normalized spacial score (nSPS) is 12.4. The van der Waals surface area contributed by atoms with Crippen LogP contribution in [-0.4, -0.2) is 34.8 Å². The number of nitrogens with one attached hydrogen (secondary N) is 1. The van der Waals surface area contributed by atoms with E-state index < -0.39 is 12.5 Å². The first-order valence-corrected chi connectivity index (χ1v) is 5.34. The predicted molar refractivity (Wildman–Crippen MR) is 63.9 cm³/mol. The molecule has 0 heterocycles. The summed E-state index contributed by atoms with van der Waals surface area (Å²) >= 11 is 0. The van der Waals surface area contributed by atoms with Gasteiger partial charge in [0.2, 0.25) is 5.75 Å². The standard InChI is InChI=1S/C12H17F2NO3/c1-15-10(12(13)14)7-5-8(16-2)11(18-4)9(6-7)17-3/h5-6,10,12,15H,1-4H3. The minimum Gasteiger partial charge on any atom is -0.493 e. The molecule has 1 unspecified atom stereocenters. The molecule has 1 rings (SSSR count). The molecule has 1 atom stereocenters. The largest absolute Gasteiger partial charge is 0.493 e. The zero-order valence-electron chi connectivity index (χ0n) is 10.8. The van der Waals surface area contributed by atoms with E-state index in [-0.39, 0.29) is 0 Å². The molecule has 1 N–H and O–H groups in total. The number of rotatable bonds is 6. The highest BCUT2D eigenvalue weighted by molar-refractivity contribution is 5.54. The van der Waals surface area contributed by atoms with Gasteiger partial charge in [-0.2, -0.15) is 0 Å². The molecular weight excluding hydrogens is 244 g/mol. The van der Waals surface area contributed by atoms with Crippen LogP contribution in [0.4, 0.5) is 8.78 Å². The van der Waals surface area contributed by atoms with E-state index in [9.17, 15) is 8.78 Å². The maximum absolute atomic E-state index is 12.9. The van der Waals surface area contributed by atoms with Crippen LogP contribution < -0.4 is 19.5 Å². The molecule has 6 heteroatoms. The van der Waals surface area contributed by atoms with Crippen molar-refractivity contribution in [2.24, 2.45) is 0 Å². The number of halogens is 2. The van der Waals surface area contributed by atoms with Gasteiger partial charge in [-0.05, 0) is 24.7 Å². The van der Waals surface area contributed by atoms with Gasteiger partial charge in [0, 0.05) is 0 Å². The summed E-state index contributed by atoms with van der Waals surface area (Å²) in [6, 6.07) is 1.93. The lowest BCUT2D eigenvalue weighted by molar-refractivity contribution is 0.102. The van der Waals surface area contributed by atoms with Gasteiger partial charge in [0.1, 0.15) is 0 Å². The molecule has 0 aliphatic rings. The third-order valence-corrected chi connectivity index (χ3v) is 2.61. The zero-order valence-corrected chi connectivity index (χ0v) is 10.8. The van der Waals surface area contributed by atoms with Crippen LogP contribution in [0.15, 0.2) is 12.1 Å². The van der Waals surface area contributed by atoms with Crippen LogP contribution in [0.5, 0.6) is 17.2 Å². The van der Waals surface area contributed by atoms with Crippen molar-refractivity contribution in [2.45, 2.75) is 12.5 Å². The maximum atomic E-state index is 12.9. The Morgan fingerprint density at radius 1 is 1.00 bits per heavy atom. The van der Waals surface area contributed by atoms with Crippen molar-refractivity contribution in [1.82, 2.24) is 5.32 Å². The number of ether oxygens (including phenoxy) is 3. The highest BCUT2D eigenvalue weighted by Crippen LogP contribution is 2.40. The van der Waals surface area contributed by atoms with Crippen molar-refractivity contribution in [2.75, 3.05) is 28.4 Å². The van der Waals surface area contributed by atoms with Gasteiger partial charge in [0.05, 0.1) is 27.4 Å². The van der Waals surface area contributed by atoms with Crippen molar-refractivity contribution in [3.05, 3.63) is 17.7 Å². The monoisotopic (exact) mass is 261 g/mol. The zero-order chi connectivity index (χ0) is 13.7. The minimum atomic E-state index is -2.53. The Kier molecular flexibility index (Phi) is 5.15. The number of hydrogen-bond donors (Lipinski definition) is 1. The number of alkyl halides is 2. The average molecular weight is 261 g/mol. The second kappa shape index (κ2) is 6.39. The van der Waals surface area contributed by atoms with Crippen LogP contribution in [0.25, 0.3) is 0 Å². The Balaban J connectivity index is 3.30. The summed E-state index contributed by atoms with van der Waals surface area (Å²) in [7, 11) is 5.82. The SMILES string of the molecule is CNC(c1cc(OC)c(OC)c(OC)c1)C(F)F. The van der Waals surface area contributed by atoms with Crippen molar-refractivity contribution >= 4 is 0 Å². The van der Waals surface area contributed by atoms with Gasteiger partial charge in [-0.1, -0.05) is 0 Å². The molecule has 0 aromatic heterocycles. The maximum Gasteiger partial charge on any atom is 0.257 e. The molecule has 1 aromatic carbocycles. The van der Waals surface area contributed by atoms with Gasteiger partial charge in [0.15, 0.2) is 11.5 Å². The van der Waals surface area contributed by atoms with Gasteiger partial charge in [-0.15, -0.1) is 0 Å². The van der Waals surface area contributed by atoms with Crippen LogP contribution in [0.2, 0.25) is 0 Å². The molecule has 1 aromatic rings. The molecule has 4 nitrogen and oxygen atoms in total. The fraction of sp³-hybridized carbons (Fsp3) is 0.500. The molecule has 0 saturated carbocycles. The molecule has 0 aliphatic carbocycles. The molecule has 0 amide bonds. The van der Waals surface area contributed by atoms with Crippen LogP contribution in [0.3, 0.4) is 0 Å². The van der Waals surface area contributed by atoms with Gasteiger partial charge < -0.3 is 19.5 Å². The summed E-state index contributed by atoms with van der Waals surface area (Å²) in [5, 5.41) is 2.56. The smallest absolute Gasteiger partial charge is 0.257 e. The Labute approximate surface area is 105 Å². The van der Waals surface area contributed by atoms with Crippen molar-refractivity contribution in [1.29, 1.82) is 0 Å². The van der Waals surface area contributed by atoms with E-state index in [0.717, 1.165) is 0 Å². The summed E-state index contributed by atoms with van der Waals surface area (Å²) in [6.45, 7) is 0. The number of hydrogen-bond acceptors (Lipinski definition) is 4. The summed E-state index contributed by atoms with van der Waals surface area (Å²) in [4.78, 5) is 0. The Hall–Kier alpha value is -1.56. The number of benzene rings is 1. The van der Waals surface area contributed by atoms with Crippen LogP contribution in [0.1, 0.15) is 11.6 Å². The first-order valence-electron chi connectivity index (χ1n) is 5.34. The third-order valence-electron chi connectivity index (χ3n) is 2.61. The second-order valence-corrected chi connectivity index (χ2v) is 3.56. The van der Waals surface area contributed by atoms with Crippen LogP contribution in [-0.2, 0) is 0 Å². The highest BCUT2D eigenvalue weighted by atomic mass is 19.3. The fourth-order valence-electron chi connectivity index (χ4n) is 1.72. The second-order valence-electron chi connectivity index (χ2n) is 3.56. The number of methoxy groups -OCH3 is 3. The topological polar surface area (TPSA) is 39.7 Å². The average Bonchev–Trinajstić information content (AvgIpc) is 2.37. The van der Waals surface area contributed by atoms with E-state index in [1.807, 2.05) is 0 Å². The first kappa shape index (κ1) is 14.5. The predicted octanol–water partition coefficient (Wildman–Crippen LogP) is 2.24. The third kappa shape index (κ3) is 2.81. The van der Waals surface area contributed by atoms with Crippen LogP contribution in [0, 0.1) is 0 Å². The Bertz CT molecular complexity index is 374. The lowest BCUT2D eigenvalue weighted by Crippen LogP contribution is -2.23. The van der Waals surface area contributed by atoms with E-state index in [1.165, 1.54) is 40.5 Å². The van der Waals surface area contributed by atoms with E-state index in [4.69, 9.17) is 14.2 Å². The van der Waals surface area contributed by atoms with E-state index in [2.05, 4.69) is 5.32 Å². The van der Waals surface area contributed by atoms with E-state index >= 15 is 0 Å². The van der Waals surface area contributed by atoms with Crippen LogP contribution >= 0.6 is 0 Å². The lowest BCUT2D eigenvalue weighted by atomic mass is 10.1. The Morgan fingerprint density at radius 2 is 1.50 bits per heavy atom. The molecule has 0 fully saturated rings. The van der Waals surface area contributed by atoms with E-state index in [1.54, 1.807) is 0 Å². The summed E-state index contributed by atoms with van der Waals surface area (Å²) < 4.78 is 41.1. The van der Waals surface area contributed by atoms with Gasteiger partial charge in [0.25, 0.3) is 6.43 Å². The van der Waals surface area contributed by atoms with Crippen molar-refractivity contribution in [3.63, 3.8) is 0 Å². The molecule has 18 heavy (non-hydrogen) atoms. The fourth-order valence-corrected chi connectivity index (χ4v) is 1.72. The summed E-state index contributed by atoms with van der Waals surface area (Å²) in [5.41, 5.74) is 0.377. The lowest BCUT2D eigenvalue weighted by Gasteiger charge is -2.19. The summed E-state index contributed by atoms with van der Waals surface area (Å²) in [5.74, 6) is 1.09. The molecular formula is C12H17F2NO3. The minimum absolute atomic E-state index is 0.354. The van der Waals surface area contributed by atoms with Gasteiger partial charge >= 0.3 is 0 Å². The van der Waals surface area contributed by atoms with E-state index in [0.29, 0.717) is 22.8 Å². The molecule has 0 saturated heterocycles. The molecule has 0 bridgehead atoms. The van der Waals surface area contributed by atoms with Gasteiger partial charge in [-0.3, -0.25) is 0 Å². The Morgan fingerprint density at radius 3 is 1.78 bits per heavy atom. The highest BCUT2D eigenvalue weighted by Gasteiger charge is 2.24. The molecule has 102 valence electrons. The first-order chi connectivity index (χ1) is 8.58. The molecule has 0 spiro atoms. The quantitative estimate of drug-likeness (QED) is 0.852.